The average Bonchev–Trinajstić information content (AvgIpc) is 3.26. The van der Waals surface area contributed by atoms with Crippen molar-refractivity contribution in [2.45, 2.75) is 17.3 Å². The van der Waals surface area contributed by atoms with E-state index in [4.69, 9.17) is 17.3 Å². The number of hydrogen-bond donors (Lipinski definition) is 1. The molecular weight excluding hydrogens is 408 g/mol. The van der Waals surface area contributed by atoms with Crippen LogP contribution in [0.1, 0.15) is 16.1 Å². The van der Waals surface area contributed by atoms with E-state index < -0.39 is 15.9 Å². The van der Waals surface area contributed by atoms with Gasteiger partial charge in [-0.25, -0.2) is 8.42 Å². The first-order valence-electron chi connectivity index (χ1n) is 8.06. The molecule has 0 unspecified atom stereocenters. The molecule has 1 aliphatic rings. The van der Waals surface area contributed by atoms with Crippen molar-refractivity contribution >= 4 is 38.9 Å². The normalized spacial score (nSPS) is 14.9. The number of halogens is 1. The van der Waals surface area contributed by atoms with Crippen LogP contribution in [0.4, 0.5) is 0 Å². The average molecular weight is 423 g/mol. The molecule has 140 valence electrons. The number of fused-ring (bicyclic) bond motifs is 1. The molecule has 1 amide bonds. The molecule has 0 bridgehead atoms. The quantitative estimate of drug-likeness (QED) is 0.698. The predicted molar refractivity (Wildman–Crippen MR) is 103 cm³/mol. The van der Waals surface area contributed by atoms with Crippen molar-refractivity contribution in [3.8, 4) is 10.6 Å². The van der Waals surface area contributed by atoms with E-state index in [9.17, 15) is 13.2 Å². The van der Waals surface area contributed by atoms with Crippen molar-refractivity contribution in [2.75, 3.05) is 6.54 Å². The number of rotatable bonds is 4. The molecule has 0 radical (unpaired) electrons. The molecule has 4 heterocycles. The summed E-state index contributed by atoms with van der Waals surface area (Å²) < 4.78 is 29.5. The van der Waals surface area contributed by atoms with E-state index in [1.165, 1.54) is 15.6 Å². The van der Waals surface area contributed by atoms with Crippen LogP contribution in [-0.4, -0.2) is 34.7 Å². The van der Waals surface area contributed by atoms with E-state index >= 15 is 0 Å². The fourth-order valence-electron chi connectivity index (χ4n) is 3.09. The van der Waals surface area contributed by atoms with Crippen LogP contribution in [0.25, 0.3) is 10.6 Å². The van der Waals surface area contributed by atoms with Crippen molar-refractivity contribution in [3.63, 3.8) is 0 Å². The molecule has 0 fully saturated rings. The number of amides is 1. The van der Waals surface area contributed by atoms with E-state index in [0.29, 0.717) is 12.2 Å². The Morgan fingerprint density at radius 1 is 1.22 bits per heavy atom. The fourth-order valence-corrected chi connectivity index (χ4v) is 6.24. The predicted octanol–water partition coefficient (Wildman–Crippen LogP) is 2.57. The number of hydrogen-bond acceptors (Lipinski definition) is 5. The third kappa shape index (κ3) is 3.16. The van der Waals surface area contributed by atoms with Gasteiger partial charge in [0.2, 0.25) is 0 Å². The second-order valence-electron chi connectivity index (χ2n) is 6.03. The summed E-state index contributed by atoms with van der Waals surface area (Å²) in [7, 11) is -3.71. The number of nitrogens with zero attached hydrogens (tertiary/aromatic N) is 3. The third-order valence-corrected chi connectivity index (χ3v) is 8.11. The van der Waals surface area contributed by atoms with E-state index in [0.717, 1.165) is 10.6 Å². The van der Waals surface area contributed by atoms with Gasteiger partial charge >= 0.3 is 0 Å². The van der Waals surface area contributed by atoms with Gasteiger partial charge in [0.15, 0.2) is 0 Å². The zero-order valence-corrected chi connectivity index (χ0v) is 16.4. The van der Waals surface area contributed by atoms with Gasteiger partial charge < -0.3 is 10.3 Å². The Labute approximate surface area is 165 Å². The Balaban J connectivity index is 1.66. The first kappa shape index (κ1) is 18.2. The molecule has 0 aromatic carbocycles. The summed E-state index contributed by atoms with van der Waals surface area (Å²) in [6.07, 6.45) is 3.28. The van der Waals surface area contributed by atoms with Crippen molar-refractivity contribution in [1.82, 2.24) is 13.9 Å². The van der Waals surface area contributed by atoms with Crippen LogP contribution in [0.15, 0.2) is 46.9 Å². The second-order valence-corrected chi connectivity index (χ2v) is 9.68. The fraction of sp³-hybridized carbons (Fsp3) is 0.176. The number of carbonyl (C=O) groups is 1. The van der Waals surface area contributed by atoms with Gasteiger partial charge in [-0.1, -0.05) is 17.7 Å². The topological polar surface area (TPSA) is 98.3 Å². The minimum atomic E-state index is -3.71. The molecular formula is C17H15ClN4O3S2. The van der Waals surface area contributed by atoms with Crippen LogP contribution in [0.5, 0.6) is 0 Å². The molecule has 2 N–H and O–H groups in total. The monoisotopic (exact) mass is 422 g/mol. The lowest BCUT2D eigenvalue weighted by Crippen LogP contribution is -2.38. The Bertz CT molecular complexity index is 1120. The van der Waals surface area contributed by atoms with Gasteiger partial charge in [0.1, 0.15) is 4.21 Å². The molecule has 3 aromatic rings. The van der Waals surface area contributed by atoms with Crippen molar-refractivity contribution < 1.29 is 13.2 Å². The standard InChI is InChI=1S/C17H15ClN4O3S2/c18-11-9-21-7-8-22(10-13(21)16(11)17(19)23)27(24,25)15-5-4-14(26-15)12-3-1-2-6-20-12/h1-6,9H,7-8,10H2,(H2,19,23). The maximum absolute atomic E-state index is 13.1. The highest BCUT2D eigenvalue weighted by Crippen LogP contribution is 2.34. The molecule has 0 aliphatic carbocycles. The highest BCUT2D eigenvalue weighted by atomic mass is 35.5. The Kier molecular flexibility index (Phi) is 4.55. The molecule has 3 aromatic heterocycles. The van der Waals surface area contributed by atoms with Gasteiger partial charge in [-0.05, 0) is 24.3 Å². The molecule has 10 heteroatoms. The first-order chi connectivity index (χ1) is 12.9. The summed E-state index contributed by atoms with van der Waals surface area (Å²) in [5.74, 6) is -0.665. The molecule has 1 aliphatic heterocycles. The zero-order valence-electron chi connectivity index (χ0n) is 14.0. The zero-order chi connectivity index (χ0) is 19.2. The van der Waals surface area contributed by atoms with Crippen molar-refractivity contribution in [3.05, 3.63) is 59.0 Å². The van der Waals surface area contributed by atoms with E-state index in [2.05, 4.69) is 4.98 Å². The number of primary amides is 1. The molecule has 4 rings (SSSR count). The molecule has 0 saturated carbocycles. The first-order valence-corrected chi connectivity index (χ1v) is 10.7. The maximum atomic E-state index is 13.1. The lowest BCUT2D eigenvalue weighted by molar-refractivity contribution is 0.0998. The molecule has 0 spiro atoms. The number of carbonyl (C=O) groups excluding carboxylic acids is 1. The van der Waals surface area contributed by atoms with Crippen LogP contribution in [0, 0.1) is 0 Å². The minimum Gasteiger partial charge on any atom is -0.365 e. The lowest BCUT2D eigenvalue weighted by atomic mass is 10.2. The third-order valence-electron chi connectivity index (χ3n) is 4.40. The van der Waals surface area contributed by atoms with Gasteiger partial charge in [0.25, 0.3) is 15.9 Å². The maximum Gasteiger partial charge on any atom is 0.252 e. The van der Waals surface area contributed by atoms with E-state index in [1.807, 2.05) is 12.1 Å². The van der Waals surface area contributed by atoms with Crippen LogP contribution in [-0.2, 0) is 23.1 Å². The second kappa shape index (κ2) is 6.75. The van der Waals surface area contributed by atoms with Gasteiger partial charge in [0.05, 0.1) is 27.7 Å². The van der Waals surface area contributed by atoms with Gasteiger partial charge in [0, 0.05) is 31.2 Å². The van der Waals surface area contributed by atoms with Crippen LogP contribution < -0.4 is 5.73 Å². The summed E-state index contributed by atoms with van der Waals surface area (Å²) in [5.41, 5.74) is 6.82. The summed E-state index contributed by atoms with van der Waals surface area (Å²) in [5, 5.41) is 0.241. The van der Waals surface area contributed by atoms with Crippen LogP contribution >= 0.6 is 22.9 Å². The van der Waals surface area contributed by atoms with Crippen molar-refractivity contribution in [1.29, 1.82) is 0 Å². The Morgan fingerprint density at radius 2 is 2.04 bits per heavy atom. The molecule has 7 nitrogen and oxygen atoms in total. The van der Waals surface area contributed by atoms with Gasteiger partial charge in [-0.15, -0.1) is 11.3 Å². The number of pyridine rings is 1. The summed E-state index contributed by atoms with van der Waals surface area (Å²) in [4.78, 5) is 16.7. The summed E-state index contributed by atoms with van der Waals surface area (Å²) in [6, 6.07) is 8.82. The smallest absolute Gasteiger partial charge is 0.252 e. The number of thiophene rings is 1. The van der Waals surface area contributed by atoms with Gasteiger partial charge in [-0.3, -0.25) is 9.78 Å². The molecule has 27 heavy (non-hydrogen) atoms. The number of sulfonamides is 1. The van der Waals surface area contributed by atoms with E-state index in [-0.39, 0.29) is 27.9 Å². The number of nitrogens with two attached hydrogens (primary N) is 1. The summed E-state index contributed by atoms with van der Waals surface area (Å²) >= 11 is 7.25. The highest BCUT2D eigenvalue weighted by Gasteiger charge is 2.33. The van der Waals surface area contributed by atoms with Gasteiger partial charge in [-0.2, -0.15) is 4.31 Å². The highest BCUT2D eigenvalue weighted by molar-refractivity contribution is 7.91. The van der Waals surface area contributed by atoms with Crippen molar-refractivity contribution in [2.24, 2.45) is 5.73 Å². The molecule has 0 atom stereocenters. The minimum absolute atomic E-state index is 0.0458. The van der Waals surface area contributed by atoms with E-state index in [1.54, 1.807) is 35.2 Å². The SMILES string of the molecule is NC(=O)c1c(Cl)cn2c1CN(S(=O)(=O)c1ccc(-c3ccccn3)s1)CC2. The Morgan fingerprint density at radius 3 is 2.74 bits per heavy atom. The largest absolute Gasteiger partial charge is 0.365 e. The van der Waals surface area contributed by atoms with Crippen LogP contribution in [0.3, 0.4) is 0 Å². The van der Waals surface area contributed by atoms with Crippen LogP contribution in [0.2, 0.25) is 5.02 Å². The number of aromatic nitrogens is 2. The molecule has 0 saturated heterocycles. The lowest BCUT2D eigenvalue weighted by Gasteiger charge is -2.27. The Hall–Kier alpha value is -2.20. The summed E-state index contributed by atoms with van der Waals surface area (Å²) in [6.45, 7) is 0.736.